The van der Waals surface area contributed by atoms with Crippen LogP contribution in [0.5, 0.6) is 0 Å². The standard InChI is InChI=1S/C6H12N2O/c1-6-7(2)3-4-8(6)5-9/h5-6H,3-4H2,1-2H3. The highest BCUT2D eigenvalue weighted by Crippen LogP contribution is 2.07. The Balaban J connectivity index is 2.50. The molecule has 0 N–H and O–H groups in total. The number of carbonyl (C=O) groups is 1. The first-order valence-electron chi connectivity index (χ1n) is 3.17. The highest BCUT2D eigenvalue weighted by molar-refractivity contribution is 5.48. The van der Waals surface area contributed by atoms with Gasteiger partial charge >= 0.3 is 0 Å². The summed E-state index contributed by atoms with van der Waals surface area (Å²) < 4.78 is 0. The van der Waals surface area contributed by atoms with Crippen LogP contribution in [-0.4, -0.2) is 42.5 Å². The molecule has 0 aromatic rings. The van der Waals surface area contributed by atoms with E-state index in [0.717, 1.165) is 19.5 Å². The Morgan fingerprint density at radius 1 is 1.56 bits per heavy atom. The SMILES string of the molecule is CC1N(C)CCN1C=O. The van der Waals surface area contributed by atoms with Crippen molar-refractivity contribution < 1.29 is 4.79 Å². The summed E-state index contributed by atoms with van der Waals surface area (Å²) in [4.78, 5) is 14.2. The smallest absolute Gasteiger partial charge is 0.210 e. The van der Waals surface area contributed by atoms with Gasteiger partial charge in [0.1, 0.15) is 0 Å². The van der Waals surface area contributed by atoms with E-state index >= 15 is 0 Å². The van der Waals surface area contributed by atoms with Gasteiger partial charge in [0.05, 0.1) is 6.17 Å². The van der Waals surface area contributed by atoms with Gasteiger partial charge in [-0.25, -0.2) is 0 Å². The fourth-order valence-corrected chi connectivity index (χ4v) is 1.04. The van der Waals surface area contributed by atoms with Crippen LogP contribution >= 0.6 is 0 Å². The molecule has 1 saturated heterocycles. The Morgan fingerprint density at radius 2 is 2.22 bits per heavy atom. The van der Waals surface area contributed by atoms with Crippen molar-refractivity contribution in [1.29, 1.82) is 0 Å². The number of carbonyl (C=O) groups excluding carboxylic acids is 1. The Hall–Kier alpha value is -0.570. The second kappa shape index (κ2) is 2.35. The first-order chi connectivity index (χ1) is 4.25. The molecule has 1 unspecified atom stereocenters. The van der Waals surface area contributed by atoms with Crippen molar-refractivity contribution in [2.45, 2.75) is 13.1 Å². The lowest BCUT2D eigenvalue weighted by Gasteiger charge is -2.19. The Kier molecular flexibility index (Phi) is 1.71. The van der Waals surface area contributed by atoms with Crippen LogP contribution in [0.4, 0.5) is 0 Å². The van der Waals surface area contributed by atoms with Gasteiger partial charge in [-0.15, -0.1) is 0 Å². The predicted octanol–water partition coefficient (Wildman–Crippen LogP) is -0.264. The zero-order valence-corrected chi connectivity index (χ0v) is 5.87. The van der Waals surface area contributed by atoms with Crippen LogP contribution < -0.4 is 0 Å². The molecule has 0 aromatic carbocycles. The number of nitrogens with zero attached hydrogens (tertiary/aromatic N) is 2. The molecule has 3 heteroatoms. The molecule has 1 aliphatic rings. The molecule has 1 aliphatic heterocycles. The molecule has 1 heterocycles. The largest absolute Gasteiger partial charge is 0.329 e. The molecule has 3 nitrogen and oxygen atoms in total. The van der Waals surface area contributed by atoms with Gasteiger partial charge in [-0.05, 0) is 14.0 Å². The van der Waals surface area contributed by atoms with Crippen molar-refractivity contribution in [3.63, 3.8) is 0 Å². The summed E-state index contributed by atoms with van der Waals surface area (Å²) in [6, 6.07) is 0. The Morgan fingerprint density at radius 3 is 2.44 bits per heavy atom. The molecule has 9 heavy (non-hydrogen) atoms. The second-order valence-corrected chi connectivity index (χ2v) is 2.46. The molecule has 52 valence electrons. The van der Waals surface area contributed by atoms with E-state index in [2.05, 4.69) is 4.90 Å². The first kappa shape index (κ1) is 6.55. The zero-order valence-electron chi connectivity index (χ0n) is 5.87. The lowest BCUT2D eigenvalue weighted by Crippen LogP contribution is -2.32. The van der Waals surface area contributed by atoms with Crippen LogP contribution in [0, 0.1) is 0 Å². The monoisotopic (exact) mass is 128 g/mol. The predicted molar refractivity (Wildman–Crippen MR) is 34.9 cm³/mol. The molecular weight excluding hydrogens is 116 g/mol. The summed E-state index contributed by atoms with van der Waals surface area (Å²) in [7, 11) is 2.02. The zero-order chi connectivity index (χ0) is 6.85. The molecule has 1 amide bonds. The van der Waals surface area contributed by atoms with Crippen molar-refractivity contribution in [2.75, 3.05) is 20.1 Å². The fraction of sp³-hybridized carbons (Fsp3) is 0.833. The van der Waals surface area contributed by atoms with Crippen molar-refractivity contribution in [3.8, 4) is 0 Å². The molecule has 1 atom stereocenters. The Bertz CT molecular complexity index is 116. The molecular formula is C6H12N2O. The number of hydrogen-bond donors (Lipinski definition) is 0. The van der Waals surface area contributed by atoms with Crippen LogP contribution in [0.3, 0.4) is 0 Å². The summed E-state index contributed by atoms with van der Waals surface area (Å²) in [5, 5.41) is 0. The topological polar surface area (TPSA) is 23.6 Å². The van der Waals surface area contributed by atoms with E-state index in [9.17, 15) is 4.79 Å². The third-order valence-electron chi connectivity index (χ3n) is 1.96. The maximum atomic E-state index is 10.3. The number of amides is 1. The Labute approximate surface area is 55.2 Å². The summed E-state index contributed by atoms with van der Waals surface area (Å²) in [6.07, 6.45) is 1.20. The molecule has 0 radical (unpaired) electrons. The van der Waals surface area contributed by atoms with E-state index in [4.69, 9.17) is 0 Å². The maximum Gasteiger partial charge on any atom is 0.210 e. The van der Waals surface area contributed by atoms with Crippen molar-refractivity contribution in [1.82, 2.24) is 9.80 Å². The van der Waals surface area contributed by atoms with Gasteiger partial charge < -0.3 is 4.90 Å². The lowest BCUT2D eigenvalue weighted by molar-refractivity contribution is -0.119. The van der Waals surface area contributed by atoms with Crippen LogP contribution in [0.15, 0.2) is 0 Å². The molecule has 0 aliphatic carbocycles. The number of hydrogen-bond acceptors (Lipinski definition) is 2. The second-order valence-electron chi connectivity index (χ2n) is 2.46. The van der Waals surface area contributed by atoms with Gasteiger partial charge in [-0.2, -0.15) is 0 Å². The molecule has 1 fully saturated rings. The first-order valence-corrected chi connectivity index (χ1v) is 3.17. The van der Waals surface area contributed by atoms with E-state index in [1.807, 2.05) is 14.0 Å². The lowest BCUT2D eigenvalue weighted by atomic mass is 10.5. The van der Waals surface area contributed by atoms with Crippen molar-refractivity contribution in [3.05, 3.63) is 0 Å². The number of likely N-dealkylation sites (N-methyl/N-ethyl adjacent to an activating group) is 1. The third-order valence-corrected chi connectivity index (χ3v) is 1.96. The van der Waals surface area contributed by atoms with Gasteiger partial charge in [0, 0.05) is 13.1 Å². The molecule has 0 bridgehead atoms. The minimum atomic E-state index is 0.294. The summed E-state index contributed by atoms with van der Waals surface area (Å²) >= 11 is 0. The van der Waals surface area contributed by atoms with Crippen LogP contribution in [0.25, 0.3) is 0 Å². The van der Waals surface area contributed by atoms with Crippen LogP contribution in [0.1, 0.15) is 6.92 Å². The van der Waals surface area contributed by atoms with E-state index in [1.165, 1.54) is 0 Å². The van der Waals surface area contributed by atoms with Crippen LogP contribution in [-0.2, 0) is 4.79 Å². The maximum absolute atomic E-state index is 10.3. The highest BCUT2D eigenvalue weighted by atomic mass is 16.1. The van der Waals surface area contributed by atoms with Gasteiger partial charge in [-0.3, -0.25) is 9.69 Å². The molecule has 0 saturated carbocycles. The molecule has 1 rings (SSSR count). The minimum absolute atomic E-state index is 0.294. The highest BCUT2D eigenvalue weighted by Gasteiger charge is 2.22. The molecule has 0 aromatic heterocycles. The molecule has 0 spiro atoms. The van der Waals surface area contributed by atoms with Gasteiger partial charge in [0.25, 0.3) is 0 Å². The number of rotatable bonds is 1. The van der Waals surface area contributed by atoms with Gasteiger partial charge in [-0.1, -0.05) is 0 Å². The summed E-state index contributed by atoms with van der Waals surface area (Å²) in [5.74, 6) is 0. The average Bonchev–Trinajstić information content (AvgIpc) is 2.15. The van der Waals surface area contributed by atoms with E-state index in [1.54, 1.807) is 4.90 Å². The fourth-order valence-electron chi connectivity index (χ4n) is 1.04. The van der Waals surface area contributed by atoms with E-state index < -0.39 is 0 Å². The van der Waals surface area contributed by atoms with E-state index in [-0.39, 0.29) is 0 Å². The normalized spacial score (nSPS) is 29.1. The summed E-state index contributed by atoms with van der Waals surface area (Å²) in [5.41, 5.74) is 0. The van der Waals surface area contributed by atoms with Gasteiger partial charge in [0.2, 0.25) is 6.41 Å². The van der Waals surface area contributed by atoms with Crippen LogP contribution in [0.2, 0.25) is 0 Å². The summed E-state index contributed by atoms with van der Waals surface area (Å²) in [6.45, 7) is 3.91. The third kappa shape index (κ3) is 1.05. The average molecular weight is 128 g/mol. The van der Waals surface area contributed by atoms with Crippen molar-refractivity contribution in [2.24, 2.45) is 0 Å². The minimum Gasteiger partial charge on any atom is -0.329 e. The van der Waals surface area contributed by atoms with Crippen molar-refractivity contribution >= 4 is 6.41 Å². The van der Waals surface area contributed by atoms with E-state index in [0.29, 0.717) is 6.17 Å². The van der Waals surface area contributed by atoms with Gasteiger partial charge in [0.15, 0.2) is 0 Å². The quantitative estimate of drug-likeness (QED) is 0.454.